The number of amides is 2. The fraction of sp³-hybridized carbons (Fsp3) is 0.286. The van der Waals surface area contributed by atoms with Crippen molar-refractivity contribution in [1.29, 1.82) is 0 Å². The van der Waals surface area contributed by atoms with Gasteiger partial charge in [0.2, 0.25) is 11.8 Å². The Bertz CT molecular complexity index is 1380. The van der Waals surface area contributed by atoms with Gasteiger partial charge in [0.15, 0.2) is 0 Å². The minimum atomic E-state index is -4.27. The topological polar surface area (TPSA) is 96.0 Å². The molecule has 2 amide bonds. The molecule has 0 aliphatic rings. The summed E-state index contributed by atoms with van der Waals surface area (Å²) in [5, 5.41) is 3.30. The van der Waals surface area contributed by atoms with Gasteiger partial charge in [0, 0.05) is 17.6 Å². The van der Waals surface area contributed by atoms with Crippen LogP contribution in [0.1, 0.15) is 26.3 Å². The molecule has 0 heterocycles. The Balaban J connectivity index is 2.02. The molecule has 3 aromatic rings. The molecule has 0 unspecified atom stereocenters. The molecule has 3 aromatic carbocycles. The highest BCUT2D eigenvalue weighted by molar-refractivity contribution is 7.92. The summed E-state index contributed by atoms with van der Waals surface area (Å²) < 4.78 is 47.2. The van der Waals surface area contributed by atoms with Gasteiger partial charge in [0.05, 0.1) is 17.7 Å². The van der Waals surface area contributed by atoms with E-state index in [-0.39, 0.29) is 23.2 Å². The highest BCUT2D eigenvalue weighted by Gasteiger charge is 2.32. The van der Waals surface area contributed by atoms with Crippen LogP contribution in [0.4, 0.5) is 10.1 Å². The molecule has 39 heavy (non-hydrogen) atoms. The van der Waals surface area contributed by atoms with E-state index in [2.05, 4.69) is 5.32 Å². The maximum absolute atomic E-state index is 13.8. The third-order valence-corrected chi connectivity index (χ3v) is 7.95. The summed E-state index contributed by atoms with van der Waals surface area (Å²) in [7, 11) is -2.82. The number of halogens is 2. The number of hydrogen-bond donors (Lipinski definition) is 1. The number of sulfonamides is 1. The molecule has 0 saturated heterocycles. The number of anilines is 1. The molecule has 3 rings (SSSR count). The van der Waals surface area contributed by atoms with Crippen LogP contribution in [0, 0.1) is 5.82 Å². The molecule has 208 valence electrons. The van der Waals surface area contributed by atoms with E-state index in [4.69, 9.17) is 16.3 Å². The summed E-state index contributed by atoms with van der Waals surface area (Å²) in [5.41, 5.74) is 0.787. The zero-order chi connectivity index (χ0) is 28.7. The zero-order valence-electron chi connectivity index (χ0n) is 22.1. The Morgan fingerprint density at radius 2 is 1.54 bits per heavy atom. The number of carbonyl (C=O) groups is 2. The van der Waals surface area contributed by atoms with Crippen LogP contribution in [0.25, 0.3) is 0 Å². The van der Waals surface area contributed by atoms with E-state index < -0.39 is 40.2 Å². The van der Waals surface area contributed by atoms with Gasteiger partial charge in [0.1, 0.15) is 24.2 Å². The molecule has 8 nitrogen and oxygen atoms in total. The third kappa shape index (κ3) is 7.70. The molecular formula is C28H31ClFN3O5S. The largest absolute Gasteiger partial charge is 0.497 e. The average molecular weight is 576 g/mol. The summed E-state index contributed by atoms with van der Waals surface area (Å²) in [6.07, 6.45) is 0. The van der Waals surface area contributed by atoms with Crippen LogP contribution >= 0.6 is 11.6 Å². The molecule has 0 radical (unpaired) electrons. The molecule has 0 spiro atoms. The Morgan fingerprint density at radius 1 is 0.949 bits per heavy atom. The molecule has 1 atom stereocenters. The number of carbonyl (C=O) groups excluding carboxylic acids is 2. The van der Waals surface area contributed by atoms with Crippen LogP contribution < -0.4 is 14.4 Å². The first kappa shape index (κ1) is 29.9. The van der Waals surface area contributed by atoms with Gasteiger partial charge in [-0.25, -0.2) is 12.8 Å². The number of nitrogens with zero attached hydrogens (tertiary/aromatic N) is 2. The predicted molar refractivity (Wildman–Crippen MR) is 149 cm³/mol. The van der Waals surface area contributed by atoms with Gasteiger partial charge in [-0.2, -0.15) is 0 Å². The number of rotatable bonds is 11. The molecule has 1 N–H and O–H groups in total. The maximum Gasteiger partial charge on any atom is 0.264 e. The fourth-order valence-corrected chi connectivity index (χ4v) is 5.33. The van der Waals surface area contributed by atoms with Crippen molar-refractivity contribution < 1.29 is 27.1 Å². The molecular weight excluding hydrogens is 545 g/mol. The highest BCUT2D eigenvalue weighted by atomic mass is 35.5. The second-order valence-electron chi connectivity index (χ2n) is 9.15. The van der Waals surface area contributed by atoms with E-state index in [1.54, 1.807) is 45.0 Å². The average Bonchev–Trinajstić information content (AvgIpc) is 2.91. The number of methoxy groups -OCH3 is 1. The molecule has 0 saturated carbocycles. The number of nitrogens with one attached hydrogen (secondary N) is 1. The Labute approximate surface area is 233 Å². The number of benzene rings is 3. The van der Waals surface area contributed by atoms with E-state index in [9.17, 15) is 22.4 Å². The summed E-state index contributed by atoms with van der Waals surface area (Å²) in [6, 6.07) is 16.2. The van der Waals surface area contributed by atoms with Gasteiger partial charge in [0.25, 0.3) is 10.0 Å². The Morgan fingerprint density at radius 3 is 2.08 bits per heavy atom. The van der Waals surface area contributed by atoms with Crippen molar-refractivity contribution in [2.24, 2.45) is 0 Å². The smallest absolute Gasteiger partial charge is 0.264 e. The van der Waals surface area contributed by atoms with Crippen molar-refractivity contribution in [2.75, 3.05) is 18.0 Å². The van der Waals surface area contributed by atoms with Gasteiger partial charge in [-0.3, -0.25) is 13.9 Å². The molecule has 11 heteroatoms. The monoisotopic (exact) mass is 575 g/mol. The van der Waals surface area contributed by atoms with Crippen molar-refractivity contribution in [2.45, 2.75) is 44.3 Å². The molecule has 0 bridgehead atoms. The van der Waals surface area contributed by atoms with Gasteiger partial charge < -0.3 is 15.0 Å². The quantitative estimate of drug-likeness (QED) is 0.360. The maximum atomic E-state index is 13.8. The van der Waals surface area contributed by atoms with Crippen LogP contribution in [0.3, 0.4) is 0 Å². The molecule has 0 aliphatic carbocycles. The van der Waals surface area contributed by atoms with Gasteiger partial charge in [-0.1, -0.05) is 23.7 Å². The van der Waals surface area contributed by atoms with Crippen molar-refractivity contribution >= 4 is 39.1 Å². The first-order chi connectivity index (χ1) is 18.4. The first-order valence-corrected chi connectivity index (χ1v) is 14.0. The summed E-state index contributed by atoms with van der Waals surface area (Å²) in [5.74, 6) is -1.12. The summed E-state index contributed by atoms with van der Waals surface area (Å²) >= 11 is 6.00. The second kappa shape index (κ2) is 12.9. The van der Waals surface area contributed by atoms with Crippen LogP contribution in [-0.2, 0) is 26.2 Å². The minimum absolute atomic E-state index is 0.0303. The van der Waals surface area contributed by atoms with E-state index in [0.717, 1.165) is 16.4 Å². The fourth-order valence-electron chi connectivity index (χ4n) is 3.79. The first-order valence-electron chi connectivity index (χ1n) is 12.2. The van der Waals surface area contributed by atoms with Crippen LogP contribution in [-0.4, -0.2) is 50.9 Å². The lowest BCUT2D eigenvalue weighted by molar-refractivity contribution is -0.139. The second-order valence-corrected chi connectivity index (χ2v) is 11.4. The highest BCUT2D eigenvalue weighted by Crippen LogP contribution is 2.26. The Hall–Kier alpha value is -3.63. The third-order valence-electron chi connectivity index (χ3n) is 5.91. The zero-order valence-corrected chi connectivity index (χ0v) is 23.7. The minimum Gasteiger partial charge on any atom is -0.497 e. The molecule has 0 aromatic heterocycles. The van der Waals surface area contributed by atoms with Crippen LogP contribution in [0.5, 0.6) is 5.75 Å². The number of hydrogen-bond acceptors (Lipinski definition) is 5. The van der Waals surface area contributed by atoms with Crippen molar-refractivity contribution in [3.8, 4) is 5.75 Å². The van der Waals surface area contributed by atoms with E-state index in [1.165, 1.54) is 48.4 Å². The summed E-state index contributed by atoms with van der Waals surface area (Å²) in [4.78, 5) is 27.9. The van der Waals surface area contributed by atoms with Crippen molar-refractivity contribution in [3.63, 3.8) is 0 Å². The van der Waals surface area contributed by atoms with Gasteiger partial charge in [-0.15, -0.1) is 0 Å². The van der Waals surface area contributed by atoms with E-state index in [1.807, 2.05) is 0 Å². The lowest BCUT2D eigenvalue weighted by Crippen LogP contribution is -2.52. The lowest BCUT2D eigenvalue weighted by Gasteiger charge is -2.32. The predicted octanol–water partition coefficient (Wildman–Crippen LogP) is 4.62. The molecule has 0 aliphatic heterocycles. The van der Waals surface area contributed by atoms with E-state index >= 15 is 0 Å². The van der Waals surface area contributed by atoms with E-state index in [0.29, 0.717) is 16.3 Å². The lowest BCUT2D eigenvalue weighted by atomic mass is 10.1. The van der Waals surface area contributed by atoms with Crippen LogP contribution in [0.15, 0.2) is 77.7 Å². The normalized spacial score (nSPS) is 12.1. The molecule has 0 fully saturated rings. The SMILES string of the molecule is COc1ccc(S(=O)(=O)N(CC(=O)N(Cc2ccc(Cl)cc2)[C@@H](C)C(=O)NC(C)C)c2ccc(F)cc2)cc1. The summed E-state index contributed by atoms with van der Waals surface area (Å²) in [6.45, 7) is 4.57. The Kier molecular flexibility index (Phi) is 9.93. The van der Waals surface area contributed by atoms with Gasteiger partial charge in [-0.05, 0) is 87.0 Å². The van der Waals surface area contributed by atoms with Gasteiger partial charge >= 0.3 is 0 Å². The number of ether oxygens (including phenoxy) is 1. The van der Waals surface area contributed by atoms with Crippen molar-refractivity contribution in [1.82, 2.24) is 10.2 Å². The standard InChI is InChI=1S/C28H31ClFN3O5S/c1-19(2)31-28(35)20(3)32(17-21-5-7-22(29)8-6-21)27(34)18-33(24-11-9-23(30)10-12-24)39(36,37)26-15-13-25(38-4)14-16-26/h5-16,19-20H,17-18H2,1-4H3,(H,31,35)/t20-/m0/s1. The van der Waals surface area contributed by atoms with Crippen LogP contribution in [0.2, 0.25) is 5.02 Å². The van der Waals surface area contributed by atoms with Crippen molar-refractivity contribution in [3.05, 3.63) is 89.2 Å².